The van der Waals surface area contributed by atoms with Crippen molar-refractivity contribution in [3.05, 3.63) is 65.0 Å². The molecule has 0 fully saturated rings. The third kappa shape index (κ3) is 3.44. The number of rotatable bonds is 4. The summed E-state index contributed by atoms with van der Waals surface area (Å²) in [4.78, 5) is 13.3. The number of carbonyl (C=O) groups is 1. The van der Waals surface area contributed by atoms with Crippen LogP contribution in [0, 0.1) is 12.7 Å². The van der Waals surface area contributed by atoms with Gasteiger partial charge in [-0.1, -0.05) is 18.2 Å². The molecule has 0 spiro atoms. The van der Waals surface area contributed by atoms with E-state index < -0.39 is 0 Å². The molecule has 98 valence electrons. The Morgan fingerprint density at radius 1 is 1.21 bits per heavy atom. The molecule has 0 atom stereocenters. The van der Waals surface area contributed by atoms with Crippen molar-refractivity contribution >= 4 is 17.5 Å². The summed E-state index contributed by atoms with van der Waals surface area (Å²) in [5.74, 6) is -0.291. The van der Waals surface area contributed by atoms with Crippen molar-refractivity contribution in [1.29, 1.82) is 0 Å². The molecule has 0 aromatic heterocycles. The van der Waals surface area contributed by atoms with Crippen molar-refractivity contribution in [1.82, 2.24) is 0 Å². The van der Waals surface area contributed by atoms with Gasteiger partial charge in [0.25, 0.3) is 0 Å². The largest absolute Gasteiger partial charge is 0.294 e. The van der Waals surface area contributed by atoms with Crippen molar-refractivity contribution in [2.45, 2.75) is 18.2 Å². The first-order valence-electron chi connectivity index (χ1n) is 6.02. The van der Waals surface area contributed by atoms with E-state index in [1.165, 1.54) is 17.0 Å². The minimum atomic E-state index is -0.306. The summed E-state index contributed by atoms with van der Waals surface area (Å²) in [6.45, 7) is 1.99. The summed E-state index contributed by atoms with van der Waals surface area (Å²) in [7, 11) is 0. The fourth-order valence-corrected chi connectivity index (χ4v) is 2.57. The van der Waals surface area contributed by atoms with Crippen molar-refractivity contribution in [2.24, 2.45) is 0 Å². The Labute approximate surface area is 116 Å². The first-order chi connectivity index (χ1) is 9.10. The van der Waals surface area contributed by atoms with Crippen molar-refractivity contribution in [2.75, 3.05) is 6.26 Å². The maximum absolute atomic E-state index is 13.1. The summed E-state index contributed by atoms with van der Waals surface area (Å²) in [6.07, 6.45) is 2.24. The van der Waals surface area contributed by atoms with Gasteiger partial charge in [0, 0.05) is 16.9 Å². The Kier molecular flexibility index (Phi) is 4.38. The number of carbonyl (C=O) groups excluding carboxylic acids is 1. The Morgan fingerprint density at radius 2 is 2.00 bits per heavy atom. The zero-order valence-corrected chi connectivity index (χ0v) is 11.8. The van der Waals surface area contributed by atoms with Crippen LogP contribution in [0.5, 0.6) is 0 Å². The van der Waals surface area contributed by atoms with Crippen LogP contribution in [0.25, 0.3) is 0 Å². The number of Topliss-reactive ketones (excluding diaryl/α,β-unsaturated/α-hetero) is 1. The van der Waals surface area contributed by atoms with Gasteiger partial charge >= 0.3 is 0 Å². The monoisotopic (exact) mass is 274 g/mol. The average Bonchev–Trinajstić information content (AvgIpc) is 2.38. The average molecular weight is 274 g/mol. The number of hydrogen-bond acceptors (Lipinski definition) is 2. The maximum atomic E-state index is 13.1. The molecule has 0 bridgehead atoms. The van der Waals surface area contributed by atoms with Gasteiger partial charge in [0.2, 0.25) is 0 Å². The van der Waals surface area contributed by atoms with Crippen LogP contribution < -0.4 is 0 Å². The molecule has 0 heterocycles. The van der Waals surface area contributed by atoms with E-state index in [0.29, 0.717) is 11.1 Å². The predicted molar refractivity (Wildman–Crippen MR) is 77.4 cm³/mol. The highest BCUT2D eigenvalue weighted by Crippen LogP contribution is 2.21. The molecule has 0 N–H and O–H groups in total. The molecule has 0 radical (unpaired) electrons. The van der Waals surface area contributed by atoms with Gasteiger partial charge in [0.15, 0.2) is 5.78 Å². The molecule has 0 unspecified atom stereocenters. The van der Waals surface area contributed by atoms with E-state index in [1.54, 1.807) is 23.9 Å². The van der Waals surface area contributed by atoms with E-state index in [1.807, 2.05) is 31.4 Å². The van der Waals surface area contributed by atoms with Crippen LogP contribution in [0.3, 0.4) is 0 Å². The highest BCUT2D eigenvalue weighted by atomic mass is 32.2. The third-order valence-corrected chi connectivity index (χ3v) is 3.87. The van der Waals surface area contributed by atoms with E-state index in [2.05, 4.69) is 0 Å². The normalized spacial score (nSPS) is 10.5. The van der Waals surface area contributed by atoms with E-state index in [4.69, 9.17) is 0 Å². The zero-order valence-electron chi connectivity index (χ0n) is 10.9. The molecule has 2 aromatic carbocycles. The molecule has 2 aromatic rings. The van der Waals surface area contributed by atoms with Gasteiger partial charge in [-0.25, -0.2) is 4.39 Å². The van der Waals surface area contributed by atoms with Crippen molar-refractivity contribution in [3.63, 3.8) is 0 Å². The molecule has 3 heteroatoms. The number of hydrogen-bond donors (Lipinski definition) is 0. The van der Waals surface area contributed by atoms with Crippen molar-refractivity contribution in [3.8, 4) is 0 Å². The summed E-state index contributed by atoms with van der Waals surface area (Å²) < 4.78 is 13.1. The third-order valence-electron chi connectivity index (χ3n) is 2.97. The van der Waals surface area contributed by atoms with Crippen molar-refractivity contribution < 1.29 is 9.18 Å². The summed E-state index contributed by atoms with van der Waals surface area (Å²) in [5, 5.41) is 0. The Bertz CT molecular complexity index is 607. The van der Waals surface area contributed by atoms with Gasteiger partial charge in [-0.3, -0.25) is 4.79 Å². The summed E-state index contributed by atoms with van der Waals surface area (Å²) in [6, 6.07) is 11.9. The Hall–Kier alpha value is -1.61. The number of thioether (sulfide) groups is 1. The first kappa shape index (κ1) is 13.8. The summed E-state index contributed by atoms with van der Waals surface area (Å²) in [5.41, 5.74) is 2.48. The molecule has 0 saturated heterocycles. The SMILES string of the molecule is CSc1ccc(C(=O)Cc2cccc(F)c2)cc1C. The minimum Gasteiger partial charge on any atom is -0.294 e. The van der Waals surface area contributed by atoms with Crippen LogP contribution in [0.15, 0.2) is 47.4 Å². The van der Waals surface area contributed by atoms with Gasteiger partial charge in [-0.2, -0.15) is 0 Å². The second-order valence-electron chi connectivity index (χ2n) is 4.41. The van der Waals surface area contributed by atoms with E-state index in [-0.39, 0.29) is 18.0 Å². The Morgan fingerprint density at radius 3 is 2.63 bits per heavy atom. The molecule has 0 aliphatic rings. The quantitative estimate of drug-likeness (QED) is 0.611. The van der Waals surface area contributed by atoms with Gasteiger partial charge in [0.1, 0.15) is 5.82 Å². The lowest BCUT2D eigenvalue weighted by Gasteiger charge is -2.06. The number of benzene rings is 2. The fourth-order valence-electron chi connectivity index (χ4n) is 1.99. The van der Waals surface area contributed by atoms with E-state index in [0.717, 1.165) is 5.56 Å². The highest BCUT2D eigenvalue weighted by Gasteiger charge is 2.09. The molecule has 0 amide bonds. The zero-order chi connectivity index (χ0) is 13.8. The molecule has 0 aliphatic carbocycles. The van der Waals surface area contributed by atoms with Crippen LogP contribution in [0.1, 0.15) is 21.5 Å². The second-order valence-corrected chi connectivity index (χ2v) is 5.26. The molecule has 0 saturated carbocycles. The lowest BCUT2D eigenvalue weighted by atomic mass is 10.0. The second kappa shape index (κ2) is 6.02. The highest BCUT2D eigenvalue weighted by molar-refractivity contribution is 7.98. The van der Waals surface area contributed by atoms with Crippen LogP contribution >= 0.6 is 11.8 Å². The predicted octanol–water partition coefficient (Wildman–Crippen LogP) is 4.28. The van der Waals surface area contributed by atoms with Gasteiger partial charge in [0.05, 0.1) is 0 Å². The topological polar surface area (TPSA) is 17.1 Å². The number of ketones is 1. The molecule has 1 nitrogen and oxygen atoms in total. The molecule has 19 heavy (non-hydrogen) atoms. The fraction of sp³-hybridized carbons (Fsp3) is 0.188. The standard InChI is InChI=1S/C16H15FOS/c1-11-8-13(6-7-16(11)19-2)15(18)10-12-4-3-5-14(17)9-12/h3-9H,10H2,1-2H3. The van der Waals surface area contributed by atoms with E-state index in [9.17, 15) is 9.18 Å². The van der Waals surface area contributed by atoms with E-state index >= 15 is 0 Å². The lowest BCUT2D eigenvalue weighted by Crippen LogP contribution is -2.04. The minimum absolute atomic E-state index is 0.0151. The first-order valence-corrected chi connectivity index (χ1v) is 7.25. The van der Waals surface area contributed by atoms with Crippen LogP contribution in [-0.2, 0) is 6.42 Å². The number of aryl methyl sites for hydroxylation is 1. The Balaban J connectivity index is 2.18. The molecule has 2 rings (SSSR count). The van der Waals surface area contributed by atoms with Crippen LogP contribution in [-0.4, -0.2) is 12.0 Å². The maximum Gasteiger partial charge on any atom is 0.167 e. The summed E-state index contributed by atoms with van der Waals surface area (Å²) >= 11 is 1.66. The molecule has 0 aliphatic heterocycles. The molecular formula is C16H15FOS. The lowest BCUT2D eigenvalue weighted by molar-refractivity contribution is 0.0993. The van der Waals surface area contributed by atoms with Crippen LogP contribution in [0.4, 0.5) is 4.39 Å². The smallest absolute Gasteiger partial charge is 0.167 e. The van der Waals surface area contributed by atoms with Gasteiger partial charge in [-0.05, 0) is 48.6 Å². The van der Waals surface area contributed by atoms with Gasteiger partial charge in [-0.15, -0.1) is 11.8 Å². The van der Waals surface area contributed by atoms with Crippen LogP contribution in [0.2, 0.25) is 0 Å². The molecular weight excluding hydrogens is 259 g/mol. The number of halogens is 1. The van der Waals surface area contributed by atoms with Gasteiger partial charge < -0.3 is 0 Å².